The monoisotopic (exact) mass is 550 g/mol. The van der Waals surface area contributed by atoms with Crippen molar-refractivity contribution in [1.82, 2.24) is 9.80 Å². The first-order valence-electron chi connectivity index (χ1n) is 13.7. The number of rotatable bonds is 11. The Labute approximate surface area is 232 Å². The van der Waals surface area contributed by atoms with Gasteiger partial charge in [-0.15, -0.1) is 0 Å². The van der Waals surface area contributed by atoms with Crippen molar-refractivity contribution in [3.8, 4) is 0 Å². The second kappa shape index (κ2) is 18.2. The lowest BCUT2D eigenvalue weighted by Gasteiger charge is -2.31. The highest BCUT2D eigenvalue weighted by Crippen LogP contribution is 2.20. The molecule has 0 saturated carbocycles. The number of nitrogens with zero attached hydrogens (tertiary/aromatic N) is 5. The molecule has 12 heteroatoms. The van der Waals surface area contributed by atoms with E-state index in [4.69, 9.17) is 15.2 Å². The number of aliphatic imine (C=N–C) groups is 2. The van der Waals surface area contributed by atoms with Gasteiger partial charge >= 0.3 is 18.0 Å². The largest absolute Gasteiger partial charge is 0.480 e. The highest BCUT2D eigenvalue weighted by atomic mass is 16.6. The van der Waals surface area contributed by atoms with Gasteiger partial charge in [-0.25, -0.2) is 4.99 Å². The van der Waals surface area contributed by atoms with Crippen LogP contribution in [0.2, 0.25) is 0 Å². The maximum Gasteiger partial charge on any atom is 0.317 e. The predicted molar refractivity (Wildman–Crippen MR) is 152 cm³/mol. The van der Waals surface area contributed by atoms with Crippen LogP contribution in [0, 0.1) is 10.1 Å². The summed E-state index contributed by atoms with van der Waals surface area (Å²) in [5.41, 5.74) is 7.87. The molecule has 2 heterocycles. The van der Waals surface area contributed by atoms with Gasteiger partial charge in [0.25, 0.3) is 0 Å². The van der Waals surface area contributed by atoms with E-state index in [9.17, 15) is 20.0 Å². The summed E-state index contributed by atoms with van der Waals surface area (Å²) >= 11 is 0. The number of carboxylic acids is 1. The Morgan fingerprint density at radius 3 is 2.46 bits per heavy atom. The fourth-order valence-electron chi connectivity index (χ4n) is 4.40. The van der Waals surface area contributed by atoms with Gasteiger partial charge in [-0.3, -0.25) is 24.7 Å². The molecule has 220 valence electrons. The van der Waals surface area contributed by atoms with Crippen LogP contribution in [0.3, 0.4) is 0 Å². The molecule has 0 bridgehead atoms. The van der Waals surface area contributed by atoms with Gasteiger partial charge in [-0.2, -0.15) is 4.99 Å². The number of carboxylic acid groups (broad SMARTS) is 1. The van der Waals surface area contributed by atoms with Crippen LogP contribution in [0.15, 0.2) is 34.3 Å². The summed E-state index contributed by atoms with van der Waals surface area (Å²) in [7, 11) is 1.51. The lowest BCUT2D eigenvalue weighted by Crippen LogP contribution is -2.55. The summed E-state index contributed by atoms with van der Waals surface area (Å²) in [5.74, 6) is -1.42. The Morgan fingerprint density at radius 2 is 1.87 bits per heavy atom. The summed E-state index contributed by atoms with van der Waals surface area (Å²) in [6.45, 7) is 12.6. The molecule has 0 spiro atoms. The van der Waals surface area contributed by atoms with E-state index in [2.05, 4.69) is 14.9 Å². The van der Waals surface area contributed by atoms with Gasteiger partial charge in [0.1, 0.15) is 6.10 Å². The second-order valence-electron chi connectivity index (χ2n) is 8.93. The smallest absolute Gasteiger partial charge is 0.317 e. The van der Waals surface area contributed by atoms with E-state index in [0.29, 0.717) is 0 Å². The maximum absolute atomic E-state index is 11.9. The SMILES string of the molecule is CC.CC.COCC(C)OC1=NC(N(CC(=O)O)Cc2cccc(CN3CCCCC3)c2)C([N+](=O)[O-])C(N)=N1. The van der Waals surface area contributed by atoms with Gasteiger partial charge in [0.05, 0.1) is 13.2 Å². The molecule has 2 aliphatic rings. The molecule has 0 aromatic heterocycles. The number of nitrogens with two attached hydrogens (primary N) is 1. The van der Waals surface area contributed by atoms with E-state index in [1.165, 1.54) is 31.3 Å². The fourth-order valence-corrected chi connectivity index (χ4v) is 4.40. The first kappa shape index (κ1) is 33.9. The van der Waals surface area contributed by atoms with Crippen LogP contribution < -0.4 is 5.73 Å². The molecule has 1 aromatic carbocycles. The molecule has 3 rings (SSSR count). The van der Waals surface area contributed by atoms with Crippen LogP contribution in [0.4, 0.5) is 0 Å². The van der Waals surface area contributed by atoms with E-state index in [0.717, 1.165) is 30.8 Å². The summed E-state index contributed by atoms with van der Waals surface area (Å²) in [6.07, 6.45) is 1.99. The molecule has 3 unspecified atom stereocenters. The Balaban J connectivity index is 0.00000181. The number of likely N-dealkylation sites (tertiary alicyclic amines) is 1. The van der Waals surface area contributed by atoms with E-state index in [1.54, 1.807) is 6.92 Å². The average Bonchev–Trinajstić information content (AvgIpc) is 2.91. The third kappa shape index (κ3) is 11.3. The number of ether oxygens (including phenoxy) is 2. The maximum atomic E-state index is 11.9. The molecule has 39 heavy (non-hydrogen) atoms. The number of nitro groups is 1. The molecule has 2 aliphatic heterocycles. The van der Waals surface area contributed by atoms with Crippen LogP contribution in [0.1, 0.15) is 65.0 Å². The van der Waals surface area contributed by atoms with Crippen LogP contribution in [-0.4, -0.2) is 89.3 Å². The number of amidine groups is 2. The lowest BCUT2D eigenvalue weighted by molar-refractivity contribution is -0.510. The summed E-state index contributed by atoms with van der Waals surface area (Å²) in [4.78, 5) is 35.0. The minimum atomic E-state index is -1.50. The number of carbonyl (C=O) groups is 1. The quantitative estimate of drug-likeness (QED) is 0.311. The Hall–Kier alpha value is -3.09. The summed E-state index contributed by atoms with van der Waals surface area (Å²) in [5, 5.41) is 21.4. The van der Waals surface area contributed by atoms with Crippen LogP contribution >= 0.6 is 0 Å². The zero-order valence-corrected chi connectivity index (χ0v) is 24.2. The number of aliphatic carboxylic acids is 1. The molecular formula is C27H46N6O6. The van der Waals surface area contributed by atoms with E-state index < -0.39 is 35.7 Å². The molecule has 1 fully saturated rings. The van der Waals surface area contributed by atoms with Gasteiger partial charge in [0, 0.05) is 25.1 Å². The number of hydrogen-bond donors (Lipinski definition) is 2. The third-order valence-electron chi connectivity index (χ3n) is 5.93. The Kier molecular flexibility index (Phi) is 15.9. The zero-order chi connectivity index (χ0) is 29.4. The van der Waals surface area contributed by atoms with Crippen LogP contribution in [0.25, 0.3) is 0 Å². The van der Waals surface area contributed by atoms with Crippen molar-refractivity contribution in [2.45, 2.75) is 85.3 Å². The van der Waals surface area contributed by atoms with Gasteiger partial charge in [-0.1, -0.05) is 58.4 Å². The van der Waals surface area contributed by atoms with Gasteiger partial charge in [0.15, 0.2) is 12.0 Å². The fraction of sp³-hybridized carbons (Fsp3) is 0.667. The highest BCUT2D eigenvalue weighted by molar-refractivity contribution is 5.97. The second-order valence-corrected chi connectivity index (χ2v) is 8.93. The van der Waals surface area contributed by atoms with Crippen molar-refractivity contribution in [3.05, 3.63) is 45.5 Å². The molecule has 3 N–H and O–H groups in total. The average molecular weight is 551 g/mol. The van der Waals surface area contributed by atoms with Crippen molar-refractivity contribution in [1.29, 1.82) is 0 Å². The van der Waals surface area contributed by atoms with Gasteiger partial charge < -0.3 is 20.3 Å². The number of hydrogen-bond acceptors (Lipinski definition) is 10. The summed E-state index contributed by atoms with van der Waals surface area (Å²) < 4.78 is 10.7. The molecule has 0 aliphatic carbocycles. The minimum absolute atomic E-state index is 0.132. The van der Waals surface area contributed by atoms with E-state index in [1.807, 2.05) is 52.0 Å². The number of benzene rings is 1. The lowest BCUT2D eigenvalue weighted by atomic mass is 10.1. The molecule has 12 nitrogen and oxygen atoms in total. The van der Waals surface area contributed by atoms with Crippen LogP contribution in [0.5, 0.6) is 0 Å². The number of methoxy groups -OCH3 is 1. The van der Waals surface area contributed by atoms with Crippen molar-refractivity contribution in [2.24, 2.45) is 15.7 Å². The summed E-state index contributed by atoms with van der Waals surface area (Å²) in [6, 6.07) is 6.19. The van der Waals surface area contributed by atoms with Crippen molar-refractivity contribution >= 4 is 17.8 Å². The van der Waals surface area contributed by atoms with Gasteiger partial charge in [0.2, 0.25) is 0 Å². The van der Waals surface area contributed by atoms with Crippen molar-refractivity contribution in [3.63, 3.8) is 0 Å². The van der Waals surface area contributed by atoms with Crippen molar-refractivity contribution in [2.75, 3.05) is 33.4 Å². The molecule has 0 amide bonds. The Morgan fingerprint density at radius 1 is 1.23 bits per heavy atom. The number of piperidine rings is 1. The normalized spacial score (nSPS) is 19.9. The first-order valence-corrected chi connectivity index (χ1v) is 13.7. The first-order chi connectivity index (χ1) is 18.8. The molecule has 1 aromatic rings. The Bertz CT molecular complexity index is 950. The molecular weight excluding hydrogens is 504 g/mol. The molecule has 1 saturated heterocycles. The highest BCUT2D eigenvalue weighted by Gasteiger charge is 2.43. The molecule has 3 atom stereocenters. The van der Waals surface area contributed by atoms with Crippen LogP contribution in [-0.2, 0) is 27.4 Å². The van der Waals surface area contributed by atoms with E-state index >= 15 is 0 Å². The van der Waals surface area contributed by atoms with E-state index in [-0.39, 0.29) is 25.0 Å². The standard InChI is InChI=1S/C23H34N6O6.2C2H6/c1-16(15-34-2)35-23-25-21(24)20(29(32)33)22(26-23)28(14-19(30)31)13-18-8-6-7-17(11-18)12-27-9-4-3-5-10-27;2*1-2/h6-8,11,16,20,22H,3-5,9-10,12-15H2,1-2H3,(H,30,31)(H2,24,25,26);2*1-2H3. The minimum Gasteiger partial charge on any atom is -0.480 e. The van der Waals surface area contributed by atoms with Crippen molar-refractivity contribution < 1.29 is 24.3 Å². The zero-order valence-electron chi connectivity index (χ0n) is 24.2. The topological polar surface area (TPSA) is 156 Å². The van der Waals surface area contributed by atoms with Gasteiger partial charge in [-0.05, 0) is 44.0 Å². The predicted octanol–water partition coefficient (Wildman–Crippen LogP) is 3.36. The third-order valence-corrected chi connectivity index (χ3v) is 5.93. The molecule has 0 radical (unpaired) electrons.